The van der Waals surface area contributed by atoms with Crippen LogP contribution in [0.15, 0.2) is 24.3 Å². The predicted molar refractivity (Wildman–Crippen MR) is 80.3 cm³/mol. The summed E-state index contributed by atoms with van der Waals surface area (Å²) >= 11 is 0. The summed E-state index contributed by atoms with van der Waals surface area (Å²) in [5.41, 5.74) is 2.33. The van der Waals surface area contributed by atoms with Crippen LogP contribution >= 0.6 is 0 Å². The van der Waals surface area contributed by atoms with E-state index in [1.807, 2.05) is 6.92 Å². The molecular weight excluding hydrogens is 234 g/mol. The van der Waals surface area contributed by atoms with E-state index in [0.29, 0.717) is 12.6 Å². The Morgan fingerprint density at radius 3 is 2.89 bits per heavy atom. The molecule has 0 spiro atoms. The predicted octanol–water partition coefficient (Wildman–Crippen LogP) is 3.59. The number of hydrogen-bond acceptors (Lipinski definition) is 2. The molecule has 0 fully saturated rings. The van der Waals surface area contributed by atoms with Gasteiger partial charge in [0.2, 0.25) is 0 Å². The lowest BCUT2D eigenvalue weighted by atomic mass is 9.96. The highest BCUT2D eigenvalue weighted by molar-refractivity contribution is 5.31. The smallest absolute Gasteiger partial charge is 0.0743 e. The molecule has 0 saturated carbocycles. The summed E-state index contributed by atoms with van der Waals surface area (Å²) in [6, 6.07) is 9.16. The van der Waals surface area contributed by atoms with Gasteiger partial charge >= 0.3 is 0 Å². The lowest BCUT2D eigenvalue weighted by molar-refractivity contribution is 0.0468. The first kappa shape index (κ1) is 14.5. The van der Waals surface area contributed by atoms with E-state index in [0.717, 1.165) is 12.8 Å². The fourth-order valence-corrected chi connectivity index (χ4v) is 3.10. The van der Waals surface area contributed by atoms with Gasteiger partial charge in [-0.2, -0.15) is 0 Å². The van der Waals surface area contributed by atoms with E-state index in [1.165, 1.54) is 36.8 Å². The standard InChI is InChI=1S/C17H27NO/c1-3-12-17(2,19)13-18-16-11-7-5-9-14-8-4-6-10-15(14)16/h4,6,8,10,16,18-19H,3,5,7,9,11-13H2,1-2H3. The second kappa shape index (κ2) is 6.53. The van der Waals surface area contributed by atoms with Gasteiger partial charge in [0.1, 0.15) is 0 Å². The van der Waals surface area contributed by atoms with E-state index >= 15 is 0 Å². The van der Waals surface area contributed by atoms with E-state index in [9.17, 15) is 5.11 Å². The molecule has 2 N–H and O–H groups in total. The van der Waals surface area contributed by atoms with Crippen molar-refractivity contribution in [3.63, 3.8) is 0 Å². The van der Waals surface area contributed by atoms with Crippen LogP contribution < -0.4 is 5.32 Å². The molecule has 19 heavy (non-hydrogen) atoms. The minimum atomic E-state index is -0.587. The minimum absolute atomic E-state index is 0.405. The Hall–Kier alpha value is -0.860. The average Bonchev–Trinajstić information content (AvgIpc) is 2.58. The zero-order chi connectivity index (χ0) is 13.7. The number of fused-ring (bicyclic) bond motifs is 1. The maximum Gasteiger partial charge on any atom is 0.0743 e. The van der Waals surface area contributed by atoms with Crippen LogP contribution in [0.2, 0.25) is 0 Å². The van der Waals surface area contributed by atoms with Crippen LogP contribution in [-0.4, -0.2) is 17.3 Å². The maximum absolute atomic E-state index is 10.3. The van der Waals surface area contributed by atoms with Crippen molar-refractivity contribution in [2.75, 3.05) is 6.54 Å². The minimum Gasteiger partial charge on any atom is -0.389 e. The SMILES string of the molecule is CCCC(C)(O)CNC1CCCCc2ccccc21. The molecule has 0 amide bonds. The molecule has 2 heteroatoms. The van der Waals surface area contributed by atoms with Crippen molar-refractivity contribution in [2.24, 2.45) is 0 Å². The zero-order valence-electron chi connectivity index (χ0n) is 12.3. The van der Waals surface area contributed by atoms with E-state index in [1.54, 1.807) is 0 Å². The Bertz CT molecular complexity index is 400. The molecule has 0 aliphatic heterocycles. The molecule has 0 radical (unpaired) electrons. The van der Waals surface area contributed by atoms with Crippen molar-refractivity contribution in [3.05, 3.63) is 35.4 Å². The number of aliphatic hydroxyl groups is 1. The van der Waals surface area contributed by atoms with Gasteiger partial charge in [-0.05, 0) is 43.7 Å². The lowest BCUT2D eigenvalue weighted by Gasteiger charge is -2.27. The molecule has 2 unspecified atom stereocenters. The second-order valence-corrected chi connectivity index (χ2v) is 6.13. The second-order valence-electron chi connectivity index (χ2n) is 6.13. The Kier molecular flexibility index (Phi) is 5.00. The van der Waals surface area contributed by atoms with Crippen LogP contribution in [-0.2, 0) is 6.42 Å². The van der Waals surface area contributed by atoms with Gasteiger partial charge < -0.3 is 10.4 Å². The normalized spacial score (nSPS) is 22.4. The number of nitrogens with one attached hydrogen (secondary N) is 1. The molecular formula is C17H27NO. The van der Waals surface area contributed by atoms with Crippen molar-refractivity contribution in [2.45, 2.75) is 64.0 Å². The largest absolute Gasteiger partial charge is 0.389 e. The third-order valence-corrected chi connectivity index (χ3v) is 4.14. The summed E-state index contributed by atoms with van der Waals surface area (Å²) in [5, 5.41) is 13.9. The van der Waals surface area contributed by atoms with Crippen molar-refractivity contribution in [1.29, 1.82) is 0 Å². The summed E-state index contributed by atoms with van der Waals surface area (Å²) in [7, 11) is 0. The van der Waals surface area contributed by atoms with Gasteiger partial charge in [0.05, 0.1) is 5.60 Å². The average molecular weight is 261 g/mol. The quantitative estimate of drug-likeness (QED) is 0.794. The van der Waals surface area contributed by atoms with Gasteiger partial charge in [-0.15, -0.1) is 0 Å². The van der Waals surface area contributed by atoms with Gasteiger partial charge in [0.15, 0.2) is 0 Å². The number of aryl methyl sites for hydroxylation is 1. The Morgan fingerprint density at radius 2 is 2.11 bits per heavy atom. The van der Waals surface area contributed by atoms with E-state index in [-0.39, 0.29) is 0 Å². The van der Waals surface area contributed by atoms with E-state index in [4.69, 9.17) is 0 Å². The summed E-state index contributed by atoms with van der Waals surface area (Å²) in [6.07, 6.45) is 6.80. The van der Waals surface area contributed by atoms with Crippen LogP contribution in [0.5, 0.6) is 0 Å². The topological polar surface area (TPSA) is 32.3 Å². The Labute approximate surface area is 117 Å². The highest BCUT2D eigenvalue weighted by Gasteiger charge is 2.23. The van der Waals surface area contributed by atoms with Crippen molar-refractivity contribution >= 4 is 0 Å². The fraction of sp³-hybridized carbons (Fsp3) is 0.647. The fourth-order valence-electron chi connectivity index (χ4n) is 3.10. The summed E-state index contributed by atoms with van der Waals surface area (Å²) < 4.78 is 0. The highest BCUT2D eigenvalue weighted by atomic mass is 16.3. The molecule has 106 valence electrons. The Morgan fingerprint density at radius 1 is 1.32 bits per heavy atom. The van der Waals surface area contributed by atoms with Crippen molar-refractivity contribution < 1.29 is 5.11 Å². The van der Waals surface area contributed by atoms with Crippen LogP contribution in [0.4, 0.5) is 0 Å². The van der Waals surface area contributed by atoms with E-state index in [2.05, 4.69) is 36.5 Å². The zero-order valence-corrected chi connectivity index (χ0v) is 12.3. The molecule has 0 saturated heterocycles. The van der Waals surface area contributed by atoms with Crippen LogP contribution in [0, 0.1) is 0 Å². The van der Waals surface area contributed by atoms with Gasteiger partial charge in [-0.3, -0.25) is 0 Å². The van der Waals surface area contributed by atoms with Gasteiger partial charge in [-0.1, -0.05) is 44.0 Å². The molecule has 1 aromatic carbocycles. The highest BCUT2D eigenvalue weighted by Crippen LogP contribution is 2.28. The number of benzene rings is 1. The van der Waals surface area contributed by atoms with Crippen molar-refractivity contribution in [3.8, 4) is 0 Å². The summed E-state index contributed by atoms with van der Waals surface area (Å²) in [6.45, 7) is 4.74. The molecule has 1 aliphatic carbocycles. The molecule has 1 aromatic rings. The van der Waals surface area contributed by atoms with E-state index < -0.39 is 5.60 Å². The maximum atomic E-state index is 10.3. The summed E-state index contributed by atoms with van der Waals surface area (Å²) in [5.74, 6) is 0. The van der Waals surface area contributed by atoms with Gasteiger partial charge in [0.25, 0.3) is 0 Å². The first-order valence-corrected chi connectivity index (χ1v) is 7.66. The molecule has 0 aromatic heterocycles. The third-order valence-electron chi connectivity index (χ3n) is 4.14. The molecule has 2 rings (SSSR count). The van der Waals surface area contributed by atoms with Crippen LogP contribution in [0.1, 0.15) is 63.1 Å². The molecule has 2 nitrogen and oxygen atoms in total. The molecule has 2 atom stereocenters. The summed E-state index contributed by atoms with van der Waals surface area (Å²) in [4.78, 5) is 0. The molecule has 1 aliphatic rings. The first-order valence-electron chi connectivity index (χ1n) is 7.66. The first-order chi connectivity index (χ1) is 9.12. The van der Waals surface area contributed by atoms with Gasteiger partial charge in [-0.25, -0.2) is 0 Å². The monoisotopic (exact) mass is 261 g/mol. The third kappa shape index (κ3) is 4.05. The van der Waals surface area contributed by atoms with Crippen LogP contribution in [0.3, 0.4) is 0 Å². The Balaban J connectivity index is 2.04. The molecule has 0 bridgehead atoms. The molecule has 0 heterocycles. The number of rotatable bonds is 5. The van der Waals surface area contributed by atoms with Gasteiger partial charge in [0, 0.05) is 12.6 Å². The van der Waals surface area contributed by atoms with Crippen molar-refractivity contribution in [1.82, 2.24) is 5.32 Å². The lowest BCUT2D eigenvalue weighted by Crippen LogP contribution is -2.39. The number of hydrogen-bond donors (Lipinski definition) is 2. The van der Waals surface area contributed by atoms with Crippen LogP contribution in [0.25, 0.3) is 0 Å².